The number of aromatic nitrogens is 3. The lowest BCUT2D eigenvalue weighted by atomic mass is 10.3. The first kappa shape index (κ1) is 11.1. The molecule has 0 aliphatic heterocycles. The summed E-state index contributed by atoms with van der Waals surface area (Å²) in [5.41, 5.74) is 2.03. The Morgan fingerprint density at radius 1 is 1.35 bits per heavy atom. The van der Waals surface area contributed by atoms with Crippen molar-refractivity contribution in [3.63, 3.8) is 0 Å². The van der Waals surface area contributed by atoms with Crippen molar-refractivity contribution >= 4 is 0 Å². The fourth-order valence-corrected chi connectivity index (χ4v) is 1.51. The summed E-state index contributed by atoms with van der Waals surface area (Å²) in [5, 5.41) is 13.2. The van der Waals surface area contributed by atoms with Gasteiger partial charge in [0.15, 0.2) is 0 Å². The van der Waals surface area contributed by atoms with Gasteiger partial charge in [0.25, 0.3) is 0 Å². The zero-order valence-corrected chi connectivity index (χ0v) is 9.93. The van der Waals surface area contributed by atoms with E-state index in [1.807, 2.05) is 19.1 Å². The van der Waals surface area contributed by atoms with E-state index in [1.54, 1.807) is 24.9 Å². The number of rotatable bonds is 2. The molecule has 2 aromatic rings. The molecule has 17 heavy (non-hydrogen) atoms. The van der Waals surface area contributed by atoms with Crippen molar-refractivity contribution in [2.24, 2.45) is 7.05 Å². The minimum absolute atomic E-state index is 0.440. The smallest absolute Gasteiger partial charge is 0.235 e. The highest BCUT2D eigenvalue weighted by Crippen LogP contribution is 2.25. The van der Waals surface area contributed by atoms with Crippen LogP contribution in [0.1, 0.15) is 17.0 Å². The first-order valence-electron chi connectivity index (χ1n) is 5.16. The van der Waals surface area contributed by atoms with Gasteiger partial charge >= 0.3 is 0 Å². The Hall–Kier alpha value is -2.35. The highest BCUT2D eigenvalue weighted by atomic mass is 16.5. The fourth-order valence-electron chi connectivity index (χ4n) is 1.51. The maximum absolute atomic E-state index is 9.04. The predicted octanol–water partition coefficient (Wildman–Crippen LogP) is 2.10. The van der Waals surface area contributed by atoms with Gasteiger partial charge < -0.3 is 4.74 Å². The molecule has 0 fully saturated rings. The zero-order chi connectivity index (χ0) is 12.4. The van der Waals surface area contributed by atoms with Gasteiger partial charge in [-0.2, -0.15) is 10.4 Å². The third kappa shape index (κ3) is 2.11. The second kappa shape index (κ2) is 4.26. The van der Waals surface area contributed by atoms with E-state index in [-0.39, 0.29) is 0 Å². The average molecular weight is 228 g/mol. The Bertz CT molecular complexity index is 578. The number of nitrogens with zero attached hydrogens (tertiary/aromatic N) is 4. The van der Waals surface area contributed by atoms with Gasteiger partial charge in [0.1, 0.15) is 17.4 Å². The van der Waals surface area contributed by atoms with E-state index in [1.165, 1.54) is 0 Å². The van der Waals surface area contributed by atoms with Crippen LogP contribution in [0.5, 0.6) is 11.6 Å². The molecular formula is C12H12N4O. The van der Waals surface area contributed by atoms with Crippen LogP contribution >= 0.6 is 0 Å². The zero-order valence-electron chi connectivity index (χ0n) is 9.93. The maximum atomic E-state index is 9.04. The molecule has 2 rings (SSSR count). The van der Waals surface area contributed by atoms with Gasteiger partial charge in [-0.15, -0.1) is 0 Å². The van der Waals surface area contributed by atoms with Crippen molar-refractivity contribution < 1.29 is 4.74 Å². The lowest BCUT2D eigenvalue weighted by molar-refractivity contribution is 0.427. The van der Waals surface area contributed by atoms with Gasteiger partial charge in [0.05, 0.1) is 11.9 Å². The molecule has 0 spiro atoms. The van der Waals surface area contributed by atoms with Crippen molar-refractivity contribution in [2.45, 2.75) is 13.8 Å². The number of ether oxygens (including phenoxy) is 1. The molecule has 0 bridgehead atoms. The molecule has 0 atom stereocenters. The Balaban J connectivity index is 2.36. The fraction of sp³-hybridized carbons (Fsp3) is 0.250. The highest BCUT2D eigenvalue weighted by Gasteiger charge is 2.14. The summed E-state index contributed by atoms with van der Waals surface area (Å²) in [5.74, 6) is 1.03. The SMILES string of the molecule is Cc1ccc(Oc2c(C#N)c(C)nn2C)cn1. The van der Waals surface area contributed by atoms with Crippen LogP contribution in [0.4, 0.5) is 0 Å². The first-order chi connectivity index (χ1) is 8.11. The van der Waals surface area contributed by atoms with E-state index >= 15 is 0 Å². The molecule has 86 valence electrons. The summed E-state index contributed by atoms with van der Waals surface area (Å²) in [7, 11) is 1.74. The largest absolute Gasteiger partial charge is 0.436 e. The molecule has 0 N–H and O–H groups in total. The second-order valence-electron chi connectivity index (χ2n) is 3.74. The topological polar surface area (TPSA) is 63.7 Å². The normalized spacial score (nSPS) is 10.0. The monoisotopic (exact) mass is 228 g/mol. The molecule has 0 radical (unpaired) electrons. The molecule has 0 unspecified atom stereocenters. The number of nitriles is 1. The Labute approximate surface area is 99.3 Å². The van der Waals surface area contributed by atoms with Crippen LogP contribution in [0.15, 0.2) is 18.3 Å². The van der Waals surface area contributed by atoms with Gasteiger partial charge in [-0.1, -0.05) is 0 Å². The van der Waals surface area contributed by atoms with Crippen LogP contribution in [0.25, 0.3) is 0 Å². The lowest BCUT2D eigenvalue weighted by Crippen LogP contribution is -1.96. The number of hydrogen-bond acceptors (Lipinski definition) is 4. The molecule has 2 heterocycles. The summed E-state index contributed by atoms with van der Waals surface area (Å²) < 4.78 is 7.17. The van der Waals surface area contributed by atoms with E-state index in [4.69, 9.17) is 10.00 Å². The molecule has 0 saturated heterocycles. The van der Waals surface area contributed by atoms with Crippen LogP contribution < -0.4 is 4.74 Å². The number of pyridine rings is 1. The van der Waals surface area contributed by atoms with E-state index in [9.17, 15) is 0 Å². The molecular weight excluding hydrogens is 216 g/mol. The lowest BCUT2D eigenvalue weighted by Gasteiger charge is -2.05. The summed E-state index contributed by atoms with van der Waals surface area (Å²) in [4.78, 5) is 4.13. The number of aryl methyl sites for hydroxylation is 3. The summed E-state index contributed by atoms with van der Waals surface area (Å²) in [6, 6.07) is 5.75. The quantitative estimate of drug-likeness (QED) is 0.789. The van der Waals surface area contributed by atoms with Crippen molar-refractivity contribution in [1.29, 1.82) is 5.26 Å². The predicted molar refractivity (Wildman–Crippen MR) is 61.7 cm³/mol. The maximum Gasteiger partial charge on any atom is 0.235 e. The molecule has 5 nitrogen and oxygen atoms in total. The van der Waals surface area contributed by atoms with E-state index in [0.717, 1.165) is 5.69 Å². The Morgan fingerprint density at radius 2 is 2.12 bits per heavy atom. The Kier molecular flexibility index (Phi) is 2.79. The molecule has 0 amide bonds. The summed E-state index contributed by atoms with van der Waals surface area (Å²) in [6.45, 7) is 3.68. The molecule has 0 aromatic carbocycles. The van der Waals surface area contributed by atoms with Gasteiger partial charge in [-0.05, 0) is 26.0 Å². The average Bonchev–Trinajstić information content (AvgIpc) is 2.57. The van der Waals surface area contributed by atoms with Crippen LogP contribution in [0.2, 0.25) is 0 Å². The standard InChI is InChI=1S/C12H12N4O/c1-8-4-5-10(7-14-8)17-12-11(6-13)9(2)15-16(12)3/h4-5,7H,1-3H3. The molecule has 0 aliphatic rings. The van der Waals surface area contributed by atoms with Crippen LogP contribution in [0.3, 0.4) is 0 Å². The van der Waals surface area contributed by atoms with Crippen molar-refractivity contribution in [2.75, 3.05) is 0 Å². The van der Waals surface area contributed by atoms with Gasteiger partial charge in [-0.3, -0.25) is 4.98 Å². The minimum Gasteiger partial charge on any atom is -0.436 e. The third-order valence-electron chi connectivity index (χ3n) is 2.38. The van der Waals surface area contributed by atoms with Crippen molar-refractivity contribution in [3.05, 3.63) is 35.3 Å². The van der Waals surface area contributed by atoms with Crippen LogP contribution in [-0.2, 0) is 7.05 Å². The number of hydrogen-bond donors (Lipinski definition) is 0. The van der Waals surface area contributed by atoms with Crippen LogP contribution in [-0.4, -0.2) is 14.8 Å². The first-order valence-corrected chi connectivity index (χ1v) is 5.16. The van der Waals surface area contributed by atoms with Crippen molar-refractivity contribution in [3.8, 4) is 17.7 Å². The molecule has 0 saturated carbocycles. The van der Waals surface area contributed by atoms with Gasteiger partial charge in [-0.25, -0.2) is 4.68 Å². The van der Waals surface area contributed by atoms with Crippen molar-refractivity contribution in [1.82, 2.24) is 14.8 Å². The van der Waals surface area contributed by atoms with E-state index in [2.05, 4.69) is 16.2 Å². The Morgan fingerprint density at radius 3 is 2.71 bits per heavy atom. The van der Waals surface area contributed by atoms with Crippen LogP contribution in [0, 0.1) is 25.2 Å². The second-order valence-corrected chi connectivity index (χ2v) is 3.74. The summed E-state index contributed by atoms with van der Waals surface area (Å²) >= 11 is 0. The van der Waals surface area contributed by atoms with Gasteiger partial charge in [0, 0.05) is 12.7 Å². The third-order valence-corrected chi connectivity index (χ3v) is 2.38. The minimum atomic E-state index is 0.440. The highest BCUT2D eigenvalue weighted by molar-refractivity contribution is 5.43. The molecule has 5 heteroatoms. The van der Waals surface area contributed by atoms with Gasteiger partial charge in [0.2, 0.25) is 5.88 Å². The van der Waals surface area contributed by atoms with E-state index < -0.39 is 0 Å². The molecule has 2 aromatic heterocycles. The van der Waals surface area contributed by atoms with E-state index in [0.29, 0.717) is 22.9 Å². The summed E-state index contributed by atoms with van der Waals surface area (Å²) in [6.07, 6.45) is 1.62. The molecule has 0 aliphatic carbocycles.